The minimum atomic E-state index is -0.854. The SMILES string of the molecule is CC(C)Cn1c(SCC(=O)O)nnc1-c1sccc1Br. The van der Waals surface area contributed by atoms with Gasteiger partial charge in [0.05, 0.1) is 10.6 Å². The van der Waals surface area contributed by atoms with Gasteiger partial charge in [0, 0.05) is 11.0 Å². The highest BCUT2D eigenvalue weighted by Crippen LogP contribution is 2.34. The van der Waals surface area contributed by atoms with Gasteiger partial charge in [-0.25, -0.2) is 0 Å². The molecule has 0 saturated heterocycles. The van der Waals surface area contributed by atoms with E-state index < -0.39 is 5.97 Å². The van der Waals surface area contributed by atoms with E-state index in [-0.39, 0.29) is 5.75 Å². The second-order valence-corrected chi connectivity index (χ2v) is 7.30. The number of carboxylic acids is 1. The summed E-state index contributed by atoms with van der Waals surface area (Å²) in [5.74, 6) is 0.344. The zero-order valence-electron chi connectivity index (χ0n) is 11.0. The molecule has 2 aromatic rings. The zero-order valence-corrected chi connectivity index (χ0v) is 14.3. The molecule has 0 aliphatic heterocycles. The van der Waals surface area contributed by atoms with Crippen molar-refractivity contribution in [2.24, 2.45) is 5.92 Å². The van der Waals surface area contributed by atoms with E-state index in [0.717, 1.165) is 21.7 Å². The molecule has 20 heavy (non-hydrogen) atoms. The highest BCUT2D eigenvalue weighted by atomic mass is 79.9. The molecule has 108 valence electrons. The molecule has 5 nitrogen and oxygen atoms in total. The lowest BCUT2D eigenvalue weighted by atomic mass is 10.2. The average molecular weight is 376 g/mol. The second-order valence-electron chi connectivity index (χ2n) is 4.59. The van der Waals surface area contributed by atoms with Crippen molar-refractivity contribution < 1.29 is 9.90 Å². The van der Waals surface area contributed by atoms with Crippen LogP contribution in [-0.2, 0) is 11.3 Å². The Morgan fingerprint density at radius 3 is 2.85 bits per heavy atom. The topological polar surface area (TPSA) is 68.0 Å². The van der Waals surface area contributed by atoms with Crippen molar-refractivity contribution in [1.29, 1.82) is 0 Å². The smallest absolute Gasteiger partial charge is 0.313 e. The summed E-state index contributed by atoms with van der Waals surface area (Å²) in [7, 11) is 0. The quantitative estimate of drug-likeness (QED) is 0.781. The summed E-state index contributed by atoms with van der Waals surface area (Å²) in [5, 5.41) is 19.8. The number of thiophene rings is 1. The Morgan fingerprint density at radius 2 is 2.30 bits per heavy atom. The van der Waals surface area contributed by atoms with Crippen LogP contribution < -0.4 is 0 Å². The molecule has 0 fully saturated rings. The molecule has 0 bridgehead atoms. The normalized spacial score (nSPS) is 11.2. The summed E-state index contributed by atoms with van der Waals surface area (Å²) in [6, 6.07) is 1.97. The third-order valence-corrected chi connectivity index (χ3v) is 5.19. The number of nitrogens with zero attached hydrogens (tertiary/aromatic N) is 3. The van der Waals surface area contributed by atoms with Gasteiger partial charge in [-0.2, -0.15) is 0 Å². The number of thioether (sulfide) groups is 1. The highest BCUT2D eigenvalue weighted by molar-refractivity contribution is 9.10. The lowest BCUT2D eigenvalue weighted by Crippen LogP contribution is -2.08. The second kappa shape index (κ2) is 6.73. The van der Waals surface area contributed by atoms with Crippen molar-refractivity contribution in [3.8, 4) is 10.7 Å². The average Bonchev–Trinajstić information content (AvgIpc) is 2.92. The lowest BCUT2D eigenvalue weighted by Gasteiger charge is -2.11. The number of hydrogen-bond donors (Lipinski definition) is 1. The first-order chi connectivity index (χ1) is 9.49. The Labute approximate surface area is 133 Å². The number of rotatable bonds is 6. The molecule has 0 aromatic carbocycles. The van der Waals surface area contributed by atoms with Crippen LogP contribution in [0.1, 0.15) is 13.8 Å². The Kier molecular flexibility index (Phi) is 5.22. The van der Waals surface area contributed by atoms with Crippen molar-refractivity contribution in [2.45, 2.75) is 25.5 Å². The number of aliphatic carboxylic acids is 1. The maximum Gasteiger partial charge on any atom is 0.313 e. The molecular formula is C12H14BrN3O2S2. The molecule has 2 rings (SSSR count). The monoisotopic (exact) mass is 375 g/mol. The third-order valence-electron chi connectivity index (χ3n) is 2.41. The summed E-state index contributed by atoms with van der Waals surface area (Å²) < 4.78 is 2.98. The van der Waals surface area contributed by atoms with Gasteiger partial charge < -0.3 is 9.67 Å². The van der Waals surface area contributed by atoms with Crippen LogP contribution in [0.4, 0.5) is 0 Å². The van der Waals surface area contributed by atoms with Gasteiger partial charge >= 0.3 is 5.97 Å². The third kappa shape index (κ3) is 3.62. The first-order valence-corrected chi connectivity index (χ1v) is 8.66. The van der Waals surface area contributed by atoms with Crippen molar-refractivity contribution in [1.82, 2.24) is 14.8 Å². The number of halogens is 1. The summed E-state index contributed by atoms with van der Waals surface area (Å²) in [6.07, 6.45) is 0. The molecular weight excluding hydrogens is 362 g/mol. The van der Waals surface area contributed by atoms with Gasteiger partial charge in [-0.05, 0) is 33.3 Å². The van der Waals surface area contributed by atoms with Crippen LogP contribution in [0.3, 0.4) is 0 Å². The van der Waals surface area contributed by atoms with Crippen LogP contribution in [0.2, 0.25) is 0 Å². The van der Waals surface area contributed by atoms with E-state index in [0.29, 0.717) is 11.1 Å². The van der Waals surface area contributed by atoms with Crippen LogP contribution >= 0.6 is 39.0 Å². The fourth-order valence-corrected chi connectivity index (χ4v) is 3.88. The van der Waals surface area contributed by atoms with E-state index in [2.05, 4.69) is 40.0 Å². The molecule has 2 aromatic heterocycles. The van der Waals surface area contributed by atoms with E-state index in [1.807, 2.05) is 16.0 Å². The summed E-state index contributed by atoms with van der Waals surface area (Å²) in [5.41, 5.74) is 0. The number of carboxylic acid groups (broad SMARTS) is 1. The van der Waals surface area contributed by atoms with Crippen LogP contribution in [0.5, 0.6) is 0 Å². The summed E-state index contributed by atoms with van der Waals surface area (Å²) >= 11 is 6.29. The number of hydrogen-bond acceptors (Lipinski definition) is 5. The first-order valence-electron chi connectivity index (χ1n) is 6.00. The van der Waals surface area contributed by atoms with E-state index in [4.69, 9.17) is 5.11 Å². The van der Waals surface area contributed by atoms with Crippen molar-refractivity contribution in [3.63, 3.8) is 0 Å². The molecule has 0 amide bonds. The maximum atomic E-state index is 10.7. The largest absolute Gasteiger partial charge is 0.481 e. The zero-order chi connectivity index (χ0) is 14.7. The summed E-state index contributed by atoms with van der Waals surface area (Å²) in [6.45, 7) is 4.98. The standard InChI is InChI=1S/C12H14BrN3O2S2/c1-7(2)5-16-11(10-8(13)3-4-19-10)14-15-12(16)20-6-9(17)18/h3-4,7H,5-6H2,1-2H3,(H,17,18). The summed E-state index contributed by atoms with van der Waals surface area (Å²) in [4.78, 5) is 11.7. The molecule has 8 heteroatoms. The molecule has 0 spiro atoms. The van der Waals surface area contributed by atoms with Gasteiger partial charge in [0.2, 0.25) is 0 Å². The lowest BCUT2D eigenvalue weighted by molar-refractivity contribution is -0.133. The van der Waals surface area contributed by atoms with Crippen molar-refractivity contribution in [2.75, 3.05) is 5.75 Å². The van der Waals surface area contributed by atoms with Gasteiger partial charge in [-0.3, -0.25) is 4.79 Å². The van der Waals surface area contributed by atoms with Crippen LogP contribution in [-0.4, -0.2) is 31.6 Å². The Bertz CT molecular complexity index is 610. The van der Waals surface area contributed by atoms with Crippen molar-refractivity contribution >= 4 is 45.0 Å². The van der Waals surface area contributed by atoms with Gasteiger partial charge in [0.15, 0.2) is 11.0 Å². The molecule has 0 saturated carbocycles. The highest BCUT2D eigenvalue weighted by Gasteiger charge is 2.18. The molecule has 0 aliphatic carbocycles. The fraction of sp³-hybridized carbons (Fsp3) is 0.417. The maximum absolute atomic E-state index is 10.7. The van der Waals surface area contributed by atoms with Crippen molar-refractivity contribution in [3.05, 3.63) is 15.9 Å². The molecule has 0 aliphatic rings. The van der Waals surface area contributed by atoms with Gasteiger partial charge in [-0.15, -0.1) is 21.5 Å². The minimum absolute atomic E-state index is 0.0121. The van der Waals surface area contributed by atoms with Crippen LogP contribution in [0.15, 0.2) is 21.1 Å². The molecule has 0 radical (unpaired) electrons. The molecule has 0 unspecified atom stereocenters. The predicted octanol–water partition coefficient (Wildman–Crippen LogP) is 3.60. The van der Waals surface area contributed by atoms with Gasteiger partial charge in [0.25, 0.3) is 0 Å². The molecule has 1 N–H and O–H groups in total. The van der Waals surface area contributed by atoms with E-state index in [9.17, 15) is 4.79 Å². The van der Waals surface area contributed by atoms with Gasteiger partial charge in [0.1, 0.15) is 0 Å². The number of aromatic nitrogens is 3. The Hall–Kier alpha value is -0.860. The fourth-order valence-electron chi connectivity index (χ4n) is 1.67. The van der Waals surface area contributed by atoms with Crippen LogP contribution in [0, 0.1) is 5.92 Å². The Balaban J connectivity index is 2.37. The van der Waals surface area contributed by atoms with E-state index in [1.54, 1.807) is 11.3 Å². The van der Waals surface area contributed by atoms with E-state index >= 15 is 0 Å². The first kappa shape index (κ1) is 15.5. The number of carbonyl (C=O) groups is 1. The minimum Gasteiger partial charge on any atom is -0.481 e. The predicted molar refractivity (Wildman–Crippen MR) is 84.2 cm³/mol. The Morgan fingerprint density at radius 1 is 1.55 bits per heavy atom. The van der Waals surface area contributed by atoms with Crippen LogP contribution in [0.25, 0.3) is 10.7 Å². The molecule has 2 heterocycles. The molecule has 0 atom stereocenters. The van der Waals surface area contributed by atoms with Gasteiger partial charge in [-0.1, -0.05) is 25.6 Å². The van der Waals surface area contributed by atoms with E-state index in [1.165, 1.54) is 11.8 Å².